The lowest BCUT2D eigenvalue weighted by atomic mass is 10.1. The molecule has 27 heavy (non-hydrogen) atoms. The second-order valence-electron chi connectivity index (χ2n) is 5.89. The maximum atomic E-state index is 12.9. The van der Waals surface area contributed by atoms with Gasteiger partial charge in [0.1, 0.15) is 6.04 Å². The van der Waals surface area contributed by atoms with Gasteiger partial charge in [-0.25, -0.2) is 14.3 Å². The van der Waals surface area contributed by atoms with Gasteiger partial charge < -0.3 is 14.8 Å². The number of aryl methyl sites for hydroxylation is 2. The van der Waals surface area contributed by atoms with Gasteiger partial charge in [-0.2, -0.15) is 0 Å². The number of benzene rings is 1. The molecule has 0 spiro atoms. The minimum atomic E-state index is -0.871. The van der Waals surface area contributed by atoms with E-state index in [0.29, 0.717) is 12.1 Å². The zero-order valence-corrected chi connectivity index (χ0v) is 15.9. The second kappa shape index (κ2) is 8.43. The van der Waals surface area contributed by atoms with E-state index in [1.807, 2.05) is 32.0 Å². The Balaban J connectivity index is 2.45. The number of hydrogen-bond donors (Lipinski definition) is 1. The summed E-state index contributed by atoms with van der Waals surface area (Å²) in [4.78, 5) is 37.0. The Labute approximate surface area is 156 Å². The topological polar surface area (TPSA) is 112 Å². The highest BCUT2D eigenvalue weighted by Gasteiger charge is 2.32. The van der Waals surface area contributed by atoms with Gasteiger partial charge in [-0.1, -0.05) is 30.3 Å². The SMILES string of the molecule is CC[C@@H](C(=O)Nc1c(C)cccc1C)n1nnc(C(=O)OC)c1C(=O)OC. The Bertz CT molecular complexity index is 854. The molecule has 1 aromatic carbocycles. The molecule has 144 valence electrons. The summed E-state index contributed by atoms with van der Waals surface area (Å²) in [5.41, 5.74) is 1.96. The van der Waals surface area contributed by atoms with Gasteiger partial charge in [-0.05, 0) is 31.4 Å². The summed E-state index contributed by atoms with van der Waals surface area (Å²) in [6, 6.07) is 4.79. The van der Waals surface area contributed by atoms with Gasteiger partial charge in [-0.3, -0.25) is 4.79 Å². The minimum Gasteiger partial charge on any atom is -0.464 e. The maximum Gasteiger partial charge on any atom is 0.361 e. The number of esters is 2. The van der Waals surface area contributed by atoms with Gasteiger partial charge in [0.2, 0.25) is 11.6 Å². The fraction of sp³-hybridized carbons (Fsp3) is 0.389. The summed E-state index contributed by atoms with van der Waals surface area (Å²) >= 11 is 0. The van der Waals surface area contributed by atoms with Crippen molar-refractivity contribution in [2.24, 2.45) is 0 Å². The van der Waals surface area contributed by atoms with Crippen molar-refractivity contribution in [3.8, 4) is 0 Å². The first-order valence-electron chi connectivity index (χ1n) is 8.34. The summed E-state index contributed by atoms with van der Waals surface area (Å²) in [5.74, 6) is -2.06. The van der Waals surface area contributed by atoms with Crippen LogP contribution in [0.3, 0.4) is 0 Å². The van der Waals surface area contributed by atoms with Gasteiger partial charge in [0.25, 0.3) is 0 Å². The van der Waals surface area contributed by atoms with Crippen molar-refractivity contribution >= 4 is 23.5 Å². The molecule has 0 bridgehead atoms. The van der Waals surface area contributed by atoms with E-state index in [2.05, 4.69) is 20.4 Å². The van der Waals surface area contributed by atoms with Crippen LogP contribution in [0.5, 0.6) is 0 Å². The smallest absolute Gasteiger partial charge is 0.361 e. The average Bonchev–Trinajstić information content (AvgIpc) is 3.09. The first-order chi connectivity index (χ1) is 12.8. The molecule has 1 N–H and O–H groups in total. The molecule has 0 fully saturated rings. The van der Waals surface area contributed by atoms with E-state index < -0.39 is 18.0 Å². The first kappa shape index (κ1) is 20.1. The van der Waals surface area contributed by atoms with Crippen LogP contribution < -0.4 is 5.32 Å². The summed E-state index contributed by atoms with van der Waals surface area (Å²) in [6.45, 7) is 5.53. The summed E-state index contributed by atoms with van der Waals surface area (Å²) in [6.07, 6.45) is 0.310. The molecule has 1 atom stereocenters. The highest BCUT2D eigenvalue weighted by atomic mass is 16.5. The Morgan fingerprint density at radius 1 is 1.11 bits per heavy atom. The second-order valence-corrected chi connectivity index (χ2v) is 5.89. The van der Waals surface area contributed by atoms with Crippen LogP contribution in [0.1, 0.15) is 51.5 Å². The van der Waals surface area contributed by atoms with Crippen LogP contribution in [-0.2, 0) is 14.3 Å². The van der Waals surface area contributed by atoms with Gasteiger partial charge in [0.15, 0.2) is 5.69 Å². The van der Waals surface area contributed by atoms with E-state index in [0.717, 1.165) is 22.9 Å². The number of amides is 1. The van der Waals surface area contributed by atoms with E-state index in [4.69, 9.17) is 4.74 Å². The molecular weight excluding hydrogens is 352 g/mol. The number of para-hydroxylation sites is 1. The quantitative estimate of drug-likeness (QED) is 0.770. The third-order valence-corrected chi connectivity index (χ3v) is 4.17. The van der Waals surface area contributed by atoms with Crippen LogP contribution in [0.4, 0.5) is 5.69 Å². The average molecular weight is 374 g/mol. The van der Waals surface area contributed by atoms with E-state index in [1.165, 1.54) is 7.11 Å². The summed E-state index contributed by atoms with van der Waals surface area (Å²) in [5, 5.41) is 10.4. The van der Waals surface area contributed by atoms with E-state index in [1.54, 1.807) is 6.92 Å². The lowest BCUT2D eigenvalue weighted by molar-refractivity contribution is -0.119. The van der Waals surface area contributed by atoms with Crippen molar-refractivity contribution in [1.82, 2.24) is 15.0 Å². The van der Waals surface area contributed by atoms with Crippen LogP contribution in [0, 0.1) is 13.8 Å². The molecule has 1 aromatic heterocycles. The molecule has 2 aromatic rings. The molecule has 0 saturated carbocycles. The molecular formula is C18H22N4O5. The molecule has 1 amide bonds. The number of anilines is 1. The molecule has 9 heteroatoms. The molecule has 0 aliphatic carbocycles. The first-order valence-corrected chi connectivity index (χ1v) is 8.34. The summed E-state index contributed by atoms with van der Waals surface area (Å²) < 4.78 is 10.4. The third kappa shape index (κ3) is 3.97. The van der Waals surface area contributed by atoms with E-state index in [-0.39, 0.29) is 17.3 Å². The van der Waals surface area contributed by atoms with Gasteiger partial charge in [-0.15, -0.1) is 5.10 Å². The Morgan fingerprint density at radius 3 is 2.22 bits per heavy atom. The molecule has 0 aliphatic rings. The number of rotatable bonds is 6. The predicted molar refractivity (Wildman–Crippen MR) is 96.6 cm³/mol. The van der Waals surface area contributed by atoms with Crippen molar-refractivity contribution in [3.05, 3.63) is 40.7 Å². The number of aromatic nitrogens is 3. The molecule has 1 heterocycles. The highest BCUT2D eigenvalue weighted by molar-refractivity contribution is 6.01. The number of ether oxygens (including phenoxy) is 2. The molecule has 0 saturated heterocycles. The standard InChI is InChI=1S/C18H22N4O5/c1-6-12(16(23)19-13-10(2)8-7-9-11(13)3)22-15(18(25)27-5)14(20-21-22)17(24)26-4/h7-9,12H,6H2,1-5H3,(H,19,23)/t12-/m0/s1. The van der Waals surface area contributed by atoms with E-state index >= 15 is 0 Å². The van der Waals surface area contributed by atoms with Crippen molar-refractivity contribution < 1.29 is 23.9 Å². The van der Waals surface area contributed by atoms with Crippen LogP contribution in [0.15, 0.2) is 18.2 Å². The van der Waals surface area contributed by atoms with Crippen molar-refractivity contribution in [1.29, 1.82) is 0 Å². The molecule has 9 nitrogen and oxygen atoms in total. The van der Waals surface area contributed by atoms with Gasteiger partial charge in [0.05, 0.1) is 14.2 Å². The Morgan fingerprint density at radius 2 is 1.70 bits per heavy atom. The number of carbonyl (C=O) groups is 3. The molecule has 0 unspecified atom stereocenters. The van der Waals surface area contributed by atoms with Gasteiger partial charge >= 0.3 is 11.9 Å². The number of carbonyl (C=O) groups excluding carboxylic acids is 3. The molecule has 0 aliphatic heterocycles. The number of nitrogens with one attached hydrogen (secondary N) is 1. The number of methoxy groups -OCH3 is 2. The third-order valence-electron chi connectivity index (χ3n) is 4.17. The van der Waals surface area contributed by atoms with Crippen LogP contribution in [0.25, 0.3) is 0 Å². The van der Waals surface area contributed by atoms with Gasteiger partial charge in [0, 0.05) is 5.69 Å². The molecule has 0 radical (unpaired) electrons. The van der Waals surface area contributed by atoms with Crippen LogP contribution in [-0.4, -0.2) is 47.1 Å². The lowest BCUT2D eigenvalue weighted by Gasteiger charge is -2.18. The zero-order valence-electron chi connectivity index (χ0n) is 15.9. The zero-order chi connectivity index (χ0) is 20.1. The van der Waals surface area contributed by atoms with E-state index in [9.17, 15) is 14.4 Å². The fourth-order valence-electron chi connectivity index (χ4n) is 2.72. The summed E-state index contributed by atoms with van der Waals surface area (Å²) in [7, 11) is 2.33. The minimum absolute atomic E-state index is 0.229. The molecule has 2 rings (SSSR count). The maximum absolute atomic E-state index is 12.9. The van der Waals surface area contributed by atoms with Crippen molar-refractivity contribution in [2.45, 2.75) is 33.2 Å². The normalized spacial score (nSPS) is 11.6. The predicted octanol–water partition coefficient (Wildman–Crippen LogP) is 2.06. The van der Waals surface area contributed by atoms with Crippen molar-refractivity contribution in [2.75, 3.05) is 19.5 Å². The highest BCUT2D eigenvalue weighted by Crippen LogP contribution is 2.23. The van der Waals surface area contributed by atoms with Crippen LogP contribution in [0.2, 0.25) is 0 Å². The lowest BCUT2D eigenvalue weighted by Crippen LogP contribution is -2.30. The monoisotopic (exact) mass is 374 g/mol. The largest absolute Gasteiger partial charge is 0.464 e. The Kier molecular flexibility index (Phi) is 6.27. The number of nitrogens with zero attached hydrogens (tertiary/aromatic N) is 3. The van der Waals surface area contributed by atoms with Crippen LogP contribution >= 0.6 is 0 Å². The van der Waals surface area contributed by atoms with Crippen molar-refractivity contribution in [3.63, 3.8) is 0 Å². The number of hydrogen-bond acceptors (Lipinski definition) is 7. The fourth-order valence-corrected chi connectivity index (χ4v) is 2.72. The Hall–Kier alpha value is -3.23.